The lowest BCUT2D eigenvalue weighted by Gasteiger charge is -2.24. The minimum atomic E-state index is -0.870. The van der Waals surface area contributed by atoms with Gasteiger partial charge < -0.3 is 55.4 Å². The Morgan fingerprint density at radius 1 is 0.541 bits per heavy atom. The van der Waals surface area contributed by atoms with Gasteiger partial charge in [-0.15, -0.1) is 0 Å². The number of carbonyl (C=O) groups is 2. The molecule has 0 aliphatic heterocycles. The fourth-order valence-corrected chi connectivity index (χ4v) is 2.07. The molecular weight excluding hydrogens is 496 g/mol. The summed E-state index contributed by atoms with van der Waals surface area (Å²) in [6.07, 6.45) is 5.44. The topological polar surface area (TPSA) is 235 Å². The minimum absolute atomic E-state index is 0.0417. The third-order valence-electron chi connectivity index (χ3n) is 4.70. The van der Waals surface area contributed by atoms with Crippen LogP contribution in [-0.4, -0.2) is 131 Å². The summed E-state index contributed by atoms with van der Waals surface area (Å²) in [5.41, 5.74) is -0.667. The summed E-state index contributed by atoms with van der Waals surface area (Å²) in [6.45, 7) is 3.65. The average Bonchev–Trinajstić information content (AvgIpc) is 2.89. The van der Waals surface area contributed by atoms with Crippen LogP contribution in [0.1, 0.15) is 64.7 Å². The molecule has 0 saturated heterocycles. The van der Waals surface area contributed by atoms with Gasteiger partial charge in [0.1, 0.15) is 0 Å². The molecule has 0 bridgehead atoms. The van der Waals surface area contributed by atoms with Gasteiger partial charge in [0, 0.05) is 31.5 Å². The molecule has 0 rings (SSSR count). The number of hydrogen-bond acceptors (Lipinski definition) is 11. The Kier molecular flexibility index (Phi) is 42.4. The Balaban J connectivity index is -0.000000197. The molecule has 0 spiro atoms. The molecule has 0 aromatic heterocycles. The maximum absolute atomic E-state index is 9.90. The number of carboxylic acid groups (broad SMARTS) is 2. The van der Waals surface area contributed by atoms with E-state index in [-0.39, 0.29) is 59.1 Å². The van der Waals surface area contributed by atoms with E-state index in [1.807, 2.05) is 6.92 Å². The molecule has 37 heavy (non-hydrogen) atoms. The lowest BCUT2D eigenvalue weighted by atomic mass is 9.88. The molecule has 226 valence electrons. The molecule has 9 N–H and O–H groups in total. The van der Waals surface area contributed by atoms with E-state index in [2.05, 4.69) is 0 Å². The summed E-state index contributed by atoms with van der Waals surface area (Å²) in [6, 6.07) is 0. The molecule has 0 atom stereocenters. The van der Waals surface area contributed by atoms with E-state index < -0.39 is 17.4 Å². The van der Waals surface area contributed by atoms with Crippen molar-refractivity contribution in [1.29, 1.82) is 0 Å². The number of aliphatic carboxylic acids is 2. The molecule has 0 heterocycles. The van der Waals surface area contributed by atoms with Gasteiger partial charge in [-0.1, -0.05) is 19.8 Å². The normalized spacial score (nSPS) is 10.3. The Morgan fingerprint density at radius 2 is 0.892 bits per heavy atom. The van der Waals surface area contributed by atoms with Crippen molar-refractivity contribution in [1.82, 2.24) is 0 Å². The summed E-state index contributed by atoms with van der Waals surface area (Å²) in [4.78, 5) is 19.8. The Hall–Kier alpha value is -1.42. The van der Waals surface area contributed by atoms with Crippen molar-refractivity contribution in [2.45, 2.75) is 64.7 Å². The van der Waals surface area contributed by atoms with E-state index in [0.29, 0.717) is 45.7 Å². The quantitative estimate of drug-likeness (QED) is 0.0832. The Bertz CT molecular complexity index is 399. The first-order valence-electron chi connectivity index (χ1n) is 12.6. The predicted molar refractivity (Wildman–Crippen MR) is 136 cm³/mol. The van der Waals surface area contributed by atoms with Gasteiger partial charge in [0.05, 0.1) is 59.5 Å². The molecule has 0 aromatic carbocycles. The molecule has 0 aliphatic carbocycles. The van der Waals surface area contributed by atoms with Crippen LogP contribution < -0.4 is 0 Å². The van der Waals surface area contributed by atoms with Crippen LogP contribution in [-0.2, 0) is 19.1 Å². The molecule has 0 fully saturated rings. The number of hydrogen-bond donors (Lipinski definition) is 9. The molecule has 13 nitrogen and oxygen atoms in total. The highest BCUT2D eigenvalue weighted by Crippen LogP contribution is 2.18. The maximum atomic E-state index is 9.90. The largest absolute Gasteiger partial charge is 0.481 e. The second-order valence-corrected chi connectivity index (χ2v) is 7.86. The van der Waals surface area contributed by atoms with Crippen LogP contribution >= 0.6 is 0 Å². The first-order valence-corrected chi connectivity index (χ1v) is 12.6. The predicted octanol–water partition coefficient (Wildman–Crippen LogP) is -0.389. The van der Waals surface area contributed by atoms with Gasteiger partial charge in [-0.05, 0) is 32.1 Å². The lowest BCUT2D eigenvalue weighted by molar-refractivity contribution is -0.139. The van der Waals surface area contributed by atoms with Crippen LogP contribution in [0.2, 0.25) is 0 Å². The molecule has 0 aromatic rings. The zero-order valence-electron chi connectivity index (χ0n) is 22.3. The summed E-state index contributed by atoms with van der Waals surface area (Å²) in [7, 11) is 0. The zero-order chi connectivity index (χ0) is 29.2. The molecule has 0 amide bonds. The van der Waals surface area contributed by atoms with Gasteiger partial charge in [0.15, 0.2) is 0 Å². The van der Waals surface area contributed by atoms with Crippen LogP contribution in [0.3, 0.4) is 0 Å². The van der Waals surface area contributed by atoms with E-state index >= 15 is 0 Å². The van der Waals surface area contributed by atoms with Crippen molar-refractivity contribution < 1.29 is 65.0 Å². The maximum Gasteiger partial charge on any atom is 0.303 e. The van der Waals surface area contributed by atoms with Crippen LogP contribution in [0.15, 0.2) is 0 Å². The monoisotopic (exact) mass is 548 g/mol. The molecule has 13 heteroatoms. The Labute approximate surface area is 220 Å². The first-order chi connectivity index (χ1) is 17.7. The molecule has 0 radical (unpaired) electrons. The van der Waals surface area contributed by atoms with E-state index in [1.165, 1.54) is 0 Å². The van der Waals surface area contributed by atoms with Crippen molar-refractivity contribution in [3.8, 4) is 0 Å². The molecule has 0 unspecified atom stereocenters. The van der Waals surface area contributed by atoms with Crippen LogP contribution in [0.25, 0.3) is 0 Å². The van der Waals surface area contributed by atoms with Gasteiger partial charge in [0.2, 0.25) is 0 Å². The van der Waals surface area contributed by atoms with Gasteiger partial charge in [0.25, 0.3) is 0 Å². The second-order valence-electron chi connectivity index (χ2n) is 7.86. The van der Waals surface area contributed by atoms with E-state index in [9.17, 15) is 9.59 Å². The zero-order valence-corrected chi connectivity index (χ0v) is 22.3. The second kappa shape index (κ2) is 36.7. The molecular formula is C24H52O13. The number of unbranched alkanes of at least 4 members (excludes halogenated alkanes) is 4. The summed E-state index contributed by atoms with van der Waals surface area (Å²) < 4.78 is 9.75. The number of ether oxygens (including phenoxy) is 2. The number of carboxylic acids is 2. The minimum Gasteiger partial charge on any atom is -0.481 e. The van der Waals surface area contributed by atoms with Crippen molar-refractivity contribution in [2.75, 3.05) is 72.7 Å². The fourth-order valence-electron chi connectivity index (χ4n) is 2.07. The van der Waals surface area contributed by atoms with E-state index in [4.69, 9.17) is 55.4 Å². The highest BCUT2D eigenvalue weighted by molar-refractivity contribution is 5.67. The standard InChI is InChI=1S/C6H14O4.C6H10O4.C6H14O3.C6H14O2/c7-1-3-9-5-6-10-4-2-8;7-5(8)3-1-2-4-6(9)10;1-2-6(3-7,4-8)5-9;7-5-3-1-2-4-6-8/h7-8H,1-6H2;1-4H2,(H,7,8)(H,9,10);7-9H,2-5H2,1H3;7-8H,1-6H2. The number of rotatable bonds is 21. The number of aliphatic hydroxyl groups excluding tert-OH is 7. The van der Waals surface area contributed by atoms with Crippen LogP contribution in [0.5, 0.6) is 0 Å². The SMILES string of the molecule is CCC(CO)(CO)CO.O=C(O)CCCCC(=O)O.OCCCCCCO.OCCOCCOCCO. The van der Waals surface area contributed by atoms with E-state index in [0.717, 1.165) is 25.7 Å². The summed E-state index contributed by atoms with van der Waals surface area (Å²) in [5.74, 6) is -1.74. The molecule has 0 aliphatic rings. The van der Waals surface area contributed by atoms with Crippen molar-refractivity contribution in [3.05, 3.63) is 0 Å². The fraction of sp³-hybridized carbons (Fsp3) is 0.917. The molecule has 0 saturated carbocycles. The summed E-state index contributed by atoms with van der Waals surface area (Å²) >= 11 is 0. The van der Waals surface area contributed by atoms with Crippen molar-refractivity contribution in [3.63, 3.8) is 0 Å². The third kappa shape index (κ3) is 41.9. The van der Waals surface area contributed by atoms with Crippen LogP contribution in [0.4, 0.5) is 0 Å². The van der Waals surface area contributed by atoms with Crippen LogP contribution in [0, 0.1) is 5.41 Å². The average molecular weight is 549 g/mol. The Morgan fingerprint density at radius 3 is 1.08 bits per heavy atom. The van der Waals surface area contributed by atoms with Gasteiger partial charge >= 0.3 is 11.9 Å². The van der Waals surface area contributed by atoms with Gasteiger partial charge in [-0.3, -0.25) is 9.59 Å². The van der Waals surface area contributed by atoms with Crippen molar-refractivity contribution in [2.24, 2.45) is 5.41 Å². The lowest BCUT2D eigenvalue weighted by Crippen LogP contribution is -2.32. The third-order valence-corrected chi connectivity index (χ3v) is 4.70. The smallest absolute Gasteiger partial charge is 0.303 e. The highest BCUT2D eigenvalue weighted by Gasteiger charge is 2.24. The highest BCUT2D eigenvalue weighted by atomic mass is 16.5. The van der Waals surface area contributed by atoms with Gasteiger partial charge in [-0.2, -0.15) is 0 Å². The number of aliphatic hydroxyl groups is 7. The van der Waals surface area contributed by atoms with Crippen molar-refractivity contribution >= 4 is 11.9 Å². The van der Waals surface area contributed by atoms with Gasteiger partial charge in [-0.25, -0.2) is 0 Å². The summed E-state index contributed by atoms with van der Waals surface area (Å²) in [5, 5.41) is 75.4. The first kappa shape index (κ1) is 42.7. The van der Waals surface area contributed by atoms with E-state index in [1.54, 1.807) is 0 Å².